The van der Waals surface area contributed by atoms with Gasteiger partial charge in [0.1, 0.15) is 0 Å². The van der Waals surface area contributed by atoms with Crippen LogP contribution in [0, 0.1) is 11.8 Å². The van der Waals surface area contributed by atoms with Crippen LogP contribution in [-0.2, 0) is 13.1 Å². The van der Waals surface area contributed by atoms with Crippen molar-refractivity contribution in [3.05, 3.63) is 47.5 Å². The fourth-order valence-electron chi connectivity index (χ4n) is 4.65. The number of ether oxygens (including phenoxy) is 4. The minimum absolute atomic E-state index is 0.737. The fourth-order valence-corrected chi connectivity index (χ4v) is 4.65. The van der Waals surface area contributed by atoms with E-state index in [4.69, 9.17) is 18.9 Å². The molecule has 0 saturated heterocycles. The average molecular weight is 443 g/mol. The molecule has 3 rings (SSSR count). The summed E-state index contributed by atoms with van der Waals surface area (Å²) in [6.45, 7) is 3.68. The maximum Gasteiger partial charge on any atom is 0.165 e. The molecule has 1 aliphatic carbocycles. The Hall–Kier alpha value is -2.44. The minimum Gasteiger partial charge on any atom is -0.493 e. The first kappa shape index (κ1) is 24.2. The SMILES string of the molecule is COc1cccc(CNCC2CCC(CNCc3cccc(OC)c3OC)CC2)c1OC. The van der Waals surface area contributed by atoms with E-state index in [1.807, 2.05) is 24.3 Å². The highest BCUT2D eigenvalue weighted by Crippen LogP contribution is 2.32. The molecular formula is C26H38N2O4. The number of rotatable bonds is 12. The summed E-state index contributed by atoms with van der Waals surface area (Å²) in [6, 6.07) is 12.1. The van der Waals surface area contributed by atoms with Crippen molar-refractivity contribution < 1.29 is 18.9 Å². The van der Waals surface area contributed by atoms with E-state index in [0.29, 0.717) is 0 Å². The summed E-state index contributed by atoms with van der Waals surface area (Å²) >= 11 is 0. The van der Waals surface area contributed by atoms with Crippen LogP contribution in [0.4, 0.5) is 0 Å². The van der Waals surface area contributed by atoms with Crippen LogP contribution in [0.1, 0.15) is 36.8 Å². The predicted octanol–water partition coefficient (Wildman–Crippen LogP) is 4.41. The zero-order valence-electron chi connectivity index (χ0n) is 19.9. The molecule has 2 N–H and O–H groups in total. The highest BCUT2D eigenvalue weighted by atomic mass is 16.5. The van der Waals surface area contributed by atoms with Gasteiger partial charge >= 0.3 is 0 Å². The number of benzene rings is 2. The van der Waals surface area contributed by atoms with Crippen LogP contribution in [0.25, 0.3) is 0 Å². The van der Waals surface area contributed by atoms with Gasteiger partial charge < -0.3 is 29.6 Å². The lowest BCUT2D eigenvalue weighted by Gasteiger charge is -2.29. The van der Waals surface area contributed by atoms with Crippen LogP contribution in [0.3, 0.4) is 0 Å². The Labute approximate surface area is 192 Å². The molecule has 0 aliphatic heterocycles. The maximum absolute atomic E-state index is 5.53. The molecule has 0 radical (unpaired) electrons. The third-order valence-electron chi connectivity index (χ3n) is 6.43. The molecule has 0 atom stereocenters. The first-order valence-electron chi connectivity index (χ1n) is 11.5. The van der Waals surface area contributed by atoms with Gasteiger partial charge in [-0.15, -0.1) is 0 Å². The highest BCUT2D eigenvalue weighted by Gasteiger charge is 2.21. The molecule has 2 aromatic carbocycles. The van der Waals surface area contributed by atoms with Crippen LogP contribution in [0.15, 0.2) is 36.4 Å². The van der Waals surface area contributed by atoms with E-state index >= 15 is 0 Å². The van der Waals surface area contributed by atoms with Gasteiger partial charge in [-0.3, -0.25) is 0 Å². The molecule has 2 aromatic rings. The molecule has 0 amide bonds. The molecule has 0 aromatic heterocycles. The van der Waals surface area contributed by atoms with E-state index in [9.17, 15) is 0 Å². The number of nitrogens with one attached hydrogen (secondary N) is 2. The van der Waals surface area contributed by atoms with E-state index in [2.05, 4.69) is 22.8 Å². The van der Waals surface area contributed by atoms with Gasteiger partial charge in [-0.2, -0.15) is 0 Å². The molecular weight excluding hydrogens is 404 g/mol. The molecule has 6 heteroatoms. The van der Waals surface area contributed by atoms with Crippen molar-refractivity contribution in [3.63, 3.8) is 0 Å². The van der Waals surface area contributed by atoms with Crippen LogP contribution in [-0.4, -0.2) is 41.5 Å². The Morgan fingerprint density at radius 2 is 1.03 bits per heavy atom. The lowest BCUT2D eigenvalue weighted by Crippen LogP contribution is -2.30. The van der Waals surface area contributed by atoms with Gasteiger partial charge in [-0.25, -0.2) is 0 Å². The van der Waals surface area contributed by atoms with Gasteiger partial charge in [0.05, 0.1) is 28.4 Å². The monoisotopic (exact) mass is 442 g/mol. The zero-order chi connectivity index (χ0) is 22.8. The summed E-state index contributed by atoms with van der Waals surface area (Å²) in [6.07, 6.45) is 5.10. The average Bonchev–Trinajstić information content (AvgIpc) is 2.84. The molecule has 0 spiro atoms. The van der Waals surface area contributed by atoms with Crippen molar-refractivity contribution in [2.75, 3.05) is 41.5 Å². The minimum atomic E-state index is 0.737. The molecule has 1 aliphatic rings. The number of methoxy groups -OCH3 is 4. The summed E-state index contributed by atoms with van der Waals surface area (Å²) < 4.78 is 21.9. The van der Waals surface area contributed by atoms with Crippen LogP contribution < -0.4 is 29.6 Å². The van der Waals surface area contributed by atoms with Crippen molar-refractivity contribution in [3.8, 4) is 23.0 Å². The lowest BCUT2D eigenvalue weighted by molar-refractivity contribution is 0.260. The number of hydrogen-bond donors (Lipinski definition) is 2. The summed E-state index contributed by atoms with van der Waals surface area (Å²) in [5, 5.41) is 7.25. The molecule has 0 bridgehead atoms. The van der Waals surface area contributed by atoms with Gasteiger partial charge in [-0.1, -0.05) is 24.3 Å². The maximum atomic E-state index is 5.53. The Morgan fingerprint density at radius 3 is 1.38 bits per heavy atom. The molecule has 6 nitrogen and oxygen atoms in total. The number of hydrogen-bond acceptors (Lipinski definition) is 6. The summed E-state index contributed by atoms with van der Waals surface area (Å²) in [5.74, 6) is 4.69. The van der Waals surface area contributed by atoms with Crippen LogP contribution in [0.2, 0.25) is 0 Å². The van der Waals surface area contributed by atoms with Crippen LogP contribution in [0.5, 0.6) is 23.0 Å². The zero-order valence-corrected chi connectivity index (χ0v) is 19.9. The second-order valence-corrected chi connectivity index (χ2v) is 8.45. The molecule has 0 unspecified atom stereocenters. The van der Waals surface area contributed by atoms with E-state index < -0.39 is 0 Å². The Kier molecular flexibility index (Phi) is 9.50. The normalized spacial score (nSPS) is 18.2. The third kappa shape index (κ3) is 6.30. The van der Waals surface area contributed by atoms with Crippen molar-refractivity contribution >= 4 is 0 Å². The Bertz CT molecular complexity index is 765. The molecule has 1 fully saturated rings. The first-order chi connectivity index (χ1) is 15.7. The largest absolute Gasteiger partial charge is 0.493 e. The van der Waals surface area contributed by atoms with Crippen molar-refractivity contribution in [1.82, 2.24) is 10.6 Å². The predicted molar refractivity (Wildman–Crippen MR) is 128 cm³/mol. The molecule has 0 heterocycles. The van der Waals surface area contributed by atoms with E-state index in [1.165, 1.54) is 25.7 Å². The van der Waals surface area contributed by atoms with Crippen LogP contribution >= 0.6 is 0 Å². The van der Waals surface area contributed by atoms with Gasteiger partial charge in [-0.05, 0) is 62.7 Å². The van der Waals surface area contributed by atoms with E-state index in [1.54, 1.807) is 28.4 Å². The van der Waals surface area contributed by atoms with Gasteiger partial charge in [0.2, 0.25) is 0 Å². The summed E-state index contributed by atoms with van der Waals surface area (Å²) in [5.41, 5.74) is 2.27. The summed E-state index contributed by atoms with van der Waals surface area (Å²) in [4.78, 5) is 0. The van der Waals surface area contributed by atoms with Gasteiger partial charge in [0.15, 0.2) is 23.0 Å². The molecule has 32 heavy (non-hydrogen) atoms. The smallest absolute Gasteiger partial charge is 0.165 e. The van der Waals surface area contributed by atoms with Crippen molar-refractivity contribution in [2.24, 2.45) is 11.8 Å². The second kappa shape index (κ2) is 12.6. The topological polar surface area (TPSA) is 61.0 Å². The first-order valence-corrected chi connectivity index (χ1v) is 11.5. The molecule has 176 valence electrons. The summed E-state index contributed by atoms with van der Waals surface area (Å²) in [7, 11) is 6.74. The Balaban J connectivity index is 1.37. The van der Waals surface area contributed by atoms with E-state index in [0.717, 1.165) is 72.1 Å². The van der Waals surface area contributed by atoms with E-state index in [-0.39, 0.29) is 0 Å². The lowest BCUT2D eigenvalue weighted by atomic mass is 9.82. The number of para-hydroxylation sites is 2. The second-order valence-electron chi connectivity index (χ2n) is 8.45. The van der Waals surface area contributed by atoms with Crippen molar-refractivity contribution in [2.45, 2.75) is 38.8 Å². The fraction of sp³-hybridized carbons (Fsp3) is 0.538. The van der Waals surface area contributed by atoms with Gasteiger partial charge in [0.25, 0.3) is 0 Å². The highest BCUT2D eigenvalue weighted by molar-refractivity contribution is 5.47. The standard InChI is InChI=1S/C26H38N2O4/c1-29-23-9-5-7-21(25(23)31-3)17-27-15-19-11-13-20(14-12-19)16-28-18-22-8-6-10-24(30-2)26(22)32-4/h5-10,19-20,27-28H,11-18H2,1-4H3. The molecule has 1 saturated carbocycles. The van der Waals surface area contributed by atoms with Gasteiger partial charge in [0, 0.05) is 24.2 Å². The van der Waals surface area contributed by atoms with Crippen molar-refractivity contribution in [1.29, 1.82) is 0 Å². The quantitative estimate of drug-likeness (QED) is 0.508. The Morgan fingerprint density at radius 1 is 0.625 bits per heavy atom. The third-order valence-corrected chi connectivity index (χ3v) is 6.43.